The molecule has 3 N–H and O–H groups in total. The van der Waals surface area contributed by atoms with E-state index in [1.165, 1.54) is 0 Å². The van der Waals surface area contributed by atoms with E-state index in [9.17, 15) is 4.79 Å². The van der Waals surface area contributed by atoms with Gasteiger partial charge < -0.3 is 20.7 Å². The molecule has 19 heavy (non-hydrogen) atoms. The average molecular weight is 265 g/mol. The fourth-order valence-electron chi connectivity index (χ4n) is 1.58. The Hall–Kier alpha value is -1.59. The van der Waals surface area contributed by atoms with Gasteiger partial charge in [0.2, 0.25) is 0 Å². The van der Waals surface area contributed by atoms with Crippen LogP contribution in [-0.2, 0) is 4.74 Å². The summed E-state index contributed by atoms with van der Waals surface area (Å²) < 4.78 is 5.40. The summed E-state index contributed by atoms with van der Waals surface area (Å²) in [6, 6.07) is 5.34. The van der Waals surface area contributed by atoms with Crippen LogP contribution in [0.5, 0.6) is 0 Å². The molecule has 0 saturated carbocycles. The summed E-state index contributed by atoms with van der Waals surface area (Å²) in [6.45, 7) is 4.40. The average Bonchev–Trinajstić information content (AvgIpc) is 2.36. The molecule has 1 rings (SSSR count). The van der Waals surface area contributed by atoms with Gasteiger partial charge in [0.15, 0.2) is 0 Å². The van der Waals surface area contributed by atoms with E-state index in [-0.39, 0.29) is 5.91 Å². The van der Waals surface area contributed by atoms with Crippen molar-refractivity contribution in [3.63, 3.8) is 0 Å². The number of likely N-dealkylation sites (N-methyl/N-ethyl adjacent to an activating group) is 1. The fraction of sp³-hybridized carbons (Fsp3) is 0.500. The molecular formula is C14H23N3O2. The number of carbonyl (C=O) groups excluding carboxylic acids is 1. The molecule has 0 radical (unpaired) electrons. The topological polar surface area (TPSA) is 67.6 Å². The Morgan fingerprint density at radius 1 is 1.37 bits per heavy atom. The Kier molecular flexibility index (Phi) is 6.32. The Balaban J connectivity index is 2.30. The van der Waals surface area contributed by atoms with Gasteiger partial charge in [0, 0.05) is 24.3 Å². The smallest absolute Gasteiger partial charge is 0.251 e. The summed E-state index contributed by atoms with van der Waals surface area (Å²) >= 11 is 0. The van der Waals surface area contributed by atoms with Crippen molar-refractivity contribution in [2.45, 2.75) is 6.92 Å². The number of benzene rings is 1. The van der Waals surface area contributed by atoms with Gasteiger partial charge in [0.25, 0.3) is 5.91 Å². The summed E-state index contributed by atoms with van der Waals surface area (Å²) in [4.78, 5) is 14.0. The lowest BCUT2D eigenvalue weighted by Crippen LogP contribution is -2.29. The third-order valence-electron chi connectivity index (χ3n) is 2.84. The second-order valence-corrected chi connectivity index (χ2v) is 4.69. The maximum atomic E-state index is 11.9. The maximum Gasteiger partial charge on any atom is 0.251 e. The third kappa shape index (κ3) is 5.28. The molecule has 5 nitrogen and oxygen atoms in total. The molecular weight excluding hydrogens is 242 g/mol. The number of ether oxygens (including phenoxy) is 1. The number of hydrogen-bond acceptors (Lipinski definition) is 4. The summed E-state index contributed by atoms with van der Waals surface area (Å²) in [6.07, 6.45) is 0. The van der Waals surface area contributed by atoms with Crippen LogP contribution >= 0.6 is 0 Å². The van der Waals surface area contributed by atoms with Gasteiger partial charge in [-0.15, -0.1) is 0 Å². The van der Waals surface area contributed by atoms with Crippen molar-refractivity contribution in [3.05, 3.63) is 29.3 Å². The zero-order valence-electron chi connectivity index (χ0n) is 11.9. The first-order valence-corrected chi connectivity index (χ1v) is 6.38. The predicted octanol–water partition coefficient (Wildman–Crippen LogP) is 0.885. The highest BCUT2D eigenvalue weighted by Gasteiger charge is 2.09. The van der Waals surface area contributed by atoms with E-state index in [2.05, 4.69) is 10.2 Å². The van der Waals surface area contributed by atoms with Gasteiger partial charge in [-0.3, -0.25) is 4.79 Å². The van der Waals surface area contributed by atoms with Crippen LogP contribution in [0, 0.1) is 6.92 Å². The van der Waals surface area contributed by atoms with Crippen molar-refractivity contribution >= 4 is 11.6 Å². The second kappa shape index (κ2) is 7.76. The standard InChI is InChI=1S/C14H23N3O2/c1-11-12(5-4-6-13(11)15)14(18)16-7-9-19-10-8-17(2)3/h4-6H,7-10,15H2,1-3H3,(H,16,18). The van der Waals surface area contributed by atoms with E-state index in [0.29, 0.717) is 31.0 Å². The molecule has 0 bridgehead atoms. The maximum absolute atomic E-state index is 11.9. The largest absolute Gasteiger partial charge is 0.398 e. The van der Waals surface area contributed by atoms with E-state index in [4.69, 9.17) is 10.5 Å². The van der Waals surface area contributed by atoms with Gasteiger partial charge in [-0.05, 0) is 38.7 Å². The Labute approximate surface area is 114 Å². The lowest BCUT2D eigenvalue weighted by molar-refractivity contribution is 0.0900. The Bertz CT molecular complexity index is 419. The van der Waals surface area contributed by atoms with E-state index in [1.54, 1.807) is 18.2 Å². The molecule has 0 heterocycles. The fourth-order valence-corrected chi connectivity index (χ4v) is 1.58. The highest BCUT2D eigenvalue weighted by atomic mass is 16.5. The van der Waals surface area contributed by atoms with Gasteiger partial charge in [0.1, 0.15) is 0 Å². The molecule has 0 aliphatic carbocycles. The van der Waals surface area contributed by atoms with Crippen LogP contribution in [0.25, 0.3) is 0 Å². The van der Waals surface area contributed by atoms with Gasteiger partial charge in [0.05, 0.1) is 13.2 Å². The van der Waals surface area contributed by atoms with Crippen molar-refractivity contribution in [2.75, 3.05) is 46.1 Å². The van der Waals surface area contributed by atoms with Gasteiger partial charge in [-0.25, -0.2) is 0 Å². The monoisotopic (exact) mass is 265 g/mol. The van der Waals surface area contributed by atoms with Crippen LogP contribution in [0.2, 0.25) is 0 Å². The molecule has 1 amide bonds. The molecule has 106 valence electrons. The summed E-state index contributed by atoms with van der Waals surface area (Å²) in [5.74, 6) is -0.110. The SMILES string of the molecule is Cc1c(N)cccc1C(=O)NCCOCCN(C)C. The van der Waals surface area contributed by atoms with E-state index < -0.39 is 0 Å². The van der Waals surface area contributed by atoms with Crippen LogP contribution < -0.4 is 11.1 Å². The number of nitrogen functional groups attached to an aromatic ring is 1. The second-order valence-electron chi connectivity index (χ2n) is 4.69. The number of amides is 1. The molecule has 0 aromatic heterocycles. The van der Waals surface area contributed by atoms with Gasteiger partial charge >= 0.3 is 0 Å². The highest BCUT2D eigenvalue weighted by Crippen LogP contribution is 2.14. The van der Waals surface area contributed by atoms with Crippen LogP contribution in [-0.4, -0.2) is 51.2 Å². The quantitative estimate of drug-likeness (QED) is 0.567. The third-order valence-corrected chi connectivity index (χ3v) is 2.84. The molecule has 0 aliphatic rings. The minimum atomic E-state index is -0.110. The van der Waals surface area contributed by atoms with Crippen molar-refractivity contribution in [1.29, 1.82) is 0 Å². The molecule has 1 aromatic rings. The minimum absolute atomic E-state index is 0.110. The van der Waals surface area contributed by atoms with Crippen molar-refractivity contribution < 1.29 is 9.53 Å². The van der Waals surface area contributed by atoms with E-state index >= 15 is 0 Å². The van der Waals surface area contributed by atoms with Crippen molar-refractivity contribution in [3.8, 4) is 0 Å². The minimum Gasteiger partial charge on any atom is -0.398 e. The van der Waals surface area contributed by atoms with Crippen LogP contribution in [0.4, 0.5) is 5.69 Å². The Morgan fingerprint density at radius 3 is 2.79 bits per heavy atom. The zero-order valence-corrected chi connectivity index (χ0v) is 11.9. The molecule has 0 atom stereocenters. The van der Waals surface area contributed by atoms with Crippen LogP contribution in [0.15, 0.2) is 18.2 Å². The first-order chi connectivity index (χ1) is 9.02. The van der Waals surface area contributed by atoms with E-state index in [0.717, 1.165) is 12.1 Å². The summed E-state index contributed by atoms with van der Waals surface area (Å²) in [5, 5.41) is 2.82. The van der Waals surface area contributed by atoms with Crippen molar-refractivity contribution in [1.82, 2.24) is 10.2 Å². The molecule has 5 heteroatoms. The molecule has 0 aliphatic heterocycles. The number of hydrogen-bond donors (Lipinski definition) is 2. The number of nitrogens with two attached hydrogens (primary N) is 1. The summed E-state index contributed by atoms with van der Waals surface area (Å²) in [5.41, 5.74) is 7.84. The van der Waals surface area contributed by atoms with Crippen LogP contribution in [0.1, 0.15) is 15.9 Å². The first kappa shape index (κ1) is 15.5. The lowest BCUT2D eigenvalue weighted by atomic mass is 10.1. The number of nitrogens with one attached hydrogen (secondary N) is 1. The predicted molar refractivity (Wildman–Crippen MR) is 77.3 cm³/mol. The Morgan fingerprint density at radius 2 is 2.11 bits per heavy atom. The molecule has 0 spiro atoms. The molecule has 1 aromatic carbocycles. The summed E-state index contributed by atoms with van der Waals surface area (Å²) in [7, 11) is 3.99. The number of carbonyl (C=O) groups is 1. The van der Waals surface area contributed by atoms with Crippen molar-refractivity contribution in [2.24, 2.45) is 0 Å². The number of anilines is 1. The van der Waals surface area contributed by atoms with E-state index in [1.807, 2.05) is 21.0 Å². The highest BCUT2D eigenvalue weighted by molar-refractivity contribution is 5.96. The first-order valence-electron chi connectivity index (χ1n) is 6.38. The van der Waals surface area contributed by atoms with Gasteiger partial charge in [-0.2, -0.15) is 0 Å². The zero-order chi connectivity index (χ0) is 14.3. The van der Waals surface area contributed by atoms with Crippen LogP contribution in [0.3, 0.4) is 0 Å². The van der Waals surface area contributed by atoms with Gasteiger partial charge in [-0.1, -0.05) is 6.07 Å². The normalized spacial score (nSPS) is 10.7. The molecule has 0 unspecified atom stereocenters. The molecule has 0 fully saturated rings. The number of nitrogens with zero attached hydrogens (tertiary/aromatic N) is 1. The molecule has 0 saturated heterocycles. The lowest BCUT2D eigenvalue weighted by Gasteiger charge is -2.11. The number of rotatable bonds is 7.